The zero-order valence-corrected chi connectivity index (χ0v) is 9.41. The van der Waals surface area contributed by atoms with Gasteiger partial charge in [0, 0.05) is 25.5 Å². The van der Waals surface area contributed by atoms with Gasteiger partial charge >= 0.3 is 5.97 Å². The van der Waals surface area contributed by atoms with Crippen LogP contribution in [0.1, 0.15) is 0 Å². The van der Waals surface area contributed by atoms with Crippen LogP contribution in [0.5, 0.6) is 0 Å². The number of aliphatic carboxylic acids is 1. The van der Waals surface area contributed by atoms with Gasteiger partial charge in [-0.15, -0.1) is 11.8 Å². The van der Waals surface area contributed by atoms with Gasteiger partial charge in [0.1, 0.15) is 0 Å². The number of nitrogens with zero attached hydrogens (tertiary/aromatic N) is 2. The van der Waals surface area contributed by atoms with Crippen molar-refractivity contribution in [2.45, 2.75) is 0 Å². The van der Waals surface area contributed by atoms with Gasteiger partial charge in [0.2, 0.25) is 0 Å². The van der Waals surface area contributed by atoms with Crippen molar-refractivity contribution >= 4 is 23.4 Å². The van der Waals surface area contributed by atoms with Crippen LogP contribution in [-0.2, 0) is 4.79 Å². The van der Waals surface area contributed by atoms with Crippen molar-refractivity contribution in [3.63, 3.8) is 0 Å². The van der Waals surface area contributed by atoms with E-state index in [0.29, 0.717) is 0 Å². The Bertz CT molecular complexity index is 306. The first-order valence-corrected chi connectivity index (χ1v) is 5.76. The summed E-state index contributed by atoms with van der Waals surface area (Å²) in [5, 5.41) is 8.45. The Morgan fingerprint density at radius 3 is 3.07 bits per heavy atom. The summed E-state index contributed by atoms with van der Waals surface area (Å²) >= 11 is 1.42. The zero-order valence-electron chi connectivity index (χ0n) is 8.59. The molecular formula is C10H14N2O2S. The van der Waals surface area contributed by atoms with Gasteiger partial charge < -0.3 is 10.0 Å². The van der Waals surface area contributed by atoms with E-state index in [0.717, 1.165) is 18.0 Å². The molecule has 0 aliphatic rings. The number of anilines is 1. The maximum atomic E-state index is 10.3. The molecule has 0 saturated heterocycles. The zero-order chi connectivity index (χ0) is 11.1. The van der Waals surface area contributed by atoms with Crippen molar-refractivity contribution in [3.8, 4) is 0 Å². The fourth-order valence-corrected chi connectivity index (χ4v) is 1.79. The quantitative estimate of drug-likeness (QED) is 0.742. The molecule has 0 aromatic carbocycles. The van der Waals surface area contributed by atoms with Crippen LogP contribution in [0, 0.1) is 0 Å². The third-order valence-corrected chi connectivity index (χ3v) is 2.81. The Morgan fingerprint density at radius 1 is 1.67 bits per heavy atom. The molecule has 15 heavy (non-hydrogen) atoms. The number of thioether (sulfide) groups is 1. The minimum absolute atomic E-state index is 0.168. The normalized spacial score (nSPS) is 9.93. The number of hydrogen-bond acceptors (Lipinski definition) is 4. The van der Waals surface area contributed by atoms with Gasteiger partial charge in [-0.25, -0.2) is 0 Å². The third kappa shape index (κ3) is 4.69. The molecule has 1 N–H and O–H groups in total. The number of carboxylic acids is 1. The van der Waals surface area contributed by atoms with Crippen molar-refractivity contribution in [2.24, 2.45) is 0 Å². The number of carbonyl (C=O) groups is 1. The highest BCUT2D eigenvalue weighted by Crippen LogP contribution is 2.10. The minimum Gasteiger partial charge on any atom is -0.481 e. The predicted molar refractivity (Wildman–Crippen MR) is 62.5 cm³/mol. The molecular weight excluding hydrogens is 212 g/mol. The van der Waals surface area contributed by atoms with Crippen molar-refractivity contribution < 1.29 is 9.90 Å². The summed E-state index contributed by atoms with van der Waals surface area (Å²) in [4.78, 5) is 16.3. The van der Waals surface area contributed by atoms with E-state index in [2.05, 4.69) is 9.88 Å². The van der Waals surface area contributed by atoms with Crippen LogP contribution in [0.15, 0.2) is 24.5 Å². The second-order valence-electron chi connectivity index (χ2n) is 3.08. The van der Waals surface area contributed by atoms with Crippen LogP contribution in [-0.4, -0.2) is 41.2 Å². The molecule has 0 spiro atoms. The average molecular weight is 226 g/mol. The van der Waals surface area contributed by atoms with Crippen LogP contribution in [0.25, 0.3) is 0 Å². The summed E-state index contributed by atoms with van der Waals surface area (Å²) in [6.45, 7) is 0.823. The molecule has 0 bridgehead atoms. The van der Waals surface area contributed by atoms with Gasteiger partial charge in [0.25, 0.3) is 0 Å². The van der Waals surface area contributed by atoms with E-state index in [1.165, 1.54) is 11.8 Å². The Labute approximate surface area is 93.3 Å². The largest absolute Gasteiger partial charge is 0.481 e. The lowest BCUT2D eigenvalue weighted by atomic mass is 10.4. The molecule has 1 aromatic heterocycles. The van der Waals surface area contributed by atoms with E-state index in [1.54, 1.807) is 12.4 Å². The maximum absolute atomic E-state index is 10.3. The van der Waals surface area contributed by atoms with Gasteiger partial charge in [-0.1, -0.05) is 0 Å². The number of pyridine rings is 1. The van der Waals surface area contributed by atoms with Gasteiger partial charge in [-0.05, 0) is 12.1 Å². The monoisotopic (exact) mass is 226 g/mol. The van der Waals surface area contributed by atoms with Gasteiger partial charge in [0.15, 0.2) is 0 Å². The molecule has 0 saturated carbocycles. The fourth-order valence-electron chi connectivity index (χ4n) is 1.07. The highest BCUT2D eigenvalue weighted by molar-refractivity contribution is 7.99. The summed E-state index contributed by atoms with van der Waals surface area (Å²) in [6.07, 6.45) is 3.53. The molecule has 1 aromatic rings. The fraction of sp³-hybridized carbons (Fsp3) is 0.400. The van der Waals surface area contributed by atoms with Crippen molar-refractivity contribution in [3.05, 3.63) is 24.5 Å². The van der Waals surface area contributed by atoms with E-state index in [9.17, 15) is 4.79 Å². The van der Waals surface area contributed by atoms with Gasteiger partial charge in [-0.2, -0.15) is 0 Å². The topological polar surface area (TPSA) is 53.4 Å². The highest BCUT2D eigenvalue weighted by atomic mass is 32.2. The number of hydrogen-bond donors (Lipinski definition) is 1. The SMILES string of the molecule is CN(CCSCC(=O)O)c1cccnc1. The van der Waals surface area contributed by atoms with Crippen molar-refractivity contribution in [1.29, 1.82) is 0 Å². The average Bonchev–Trinajstić information content (AvgIpc) is 2.25. The third-order valence-electron chi connectivity index (χ3n) is 1.88. The Hall–Kier alpha value is -1.23. The lowest BCUT2D eigenvalue weighted by Gasteiger charge is -2.17. The van der Waals surface area contributed by atoms with E-state index in [1.807, 2.05) is 19.2 Å². The second kappa shape index (κ2) is 6.29. The van der Waals surface area contributed by atoms with Gasteiger partial charge in [0.05, 0.1) is 17.6 Å². The first-order chi connectivity index (χ1) is 7.20. The van der Waals surface area contributed by atoms with E-state index in [-0.39, 0.29) is 5.75 Å². The van der Waals surface area contributed by atoms with E-state index < -0.39 is 5.97 Å². The smallest absolute Gasteiger partial charge is 0.313 e. The molecule has 0 aliphatic heterocycles. The number of aromatic nitrogens is 1. The van der Waals surface area contributed by atoms with Crippen LogP contribution in [0.2, 0.25) is 0 Å². The standard InChI is InChI=1S/C10H14N2O2S/c1-12(5-6-15-8-10(13)14)9-3-2-4-11-7-9/h2-4,7H,5-6,8H2,1H3,(H,13,14). The summed E-state index contributed by atoms with van der Waals surface area (Å²) in [5.74, 6) is 0.211. The van der Waals surface area contributed by atoms with Crippen molar-refractivity contribution in [2.75, 3.05) is 30.0 Å². The molecule has 0 radical (unpaired) electrons. The van der Waals surface area contributed by atoms with Crippen molar-refractivity contribution in [1.82, 2.24) is 4.98 Å². The Morgan fingerprint density at radius 2 is 2.47 bits per heavy atom. The van der Waals surface area contributed by atoms with Gasteiger partial charge in [-0.3, -0.25) is 9.78 Å². The second-order valence-corrected chi connectivity index (χ2v) is 4.18. The predicted octanol–water partition coefficient (Wildman–Crippen LogP) is 1.34. The molecule has 0 unspecified atom stereocenters. The van der Waals surface area contributed by atoms with Crippen LogP contribution in [0.4, 0.5) is 5.69 Å². The summed E-state index contributed by atoms with van der Waals surface area (Å²) in [7, 11) is 1.97. The van der Waals surface area contributed by atoms with Crippen LogP contribution >= 0.6 is 11.8 Å². The summed E-state index contributed by atoms with van der Waals surface area (Å²) in [6, 6.07) is 3.87. The number of rotatable bonds is 6. The lowest BCUT2D eigenvalue weighted by Crippen LogP contribution is -2.20. The Balaban J connectivity index is 2.25. The molecule has 5 heteroatoms. The molecule has 82 valence electrons. The first-order valence-electron chi connectivity index (χ1n) is 4.61. The van der Waals surface area contributed by atoms with Crippen LogP contribution < -0.4 is 4.90 Å². The number of carboxylic acid groups (broad SMARTS) is 1. The first kappa shape index (κ1) is 11.8. The van der Waals surface area contributed by atoms with E-state index in [4.69, 9.17) is 5.11 Å². The molecule has 0 aliphatic carbocycles. The molecule has 4 nitrogen and oxygen atoms in total. The molecule has 1 rings (SSSR count). The molecule has 0 fully saturated rings. The Kier molecular flexibility index (Phi) is 4.97. The maximum Gasteiger partial charge on any atom is 0.313 e. The van der Waals surface area contributed by atoms with E-state index >= 15 is 0 Å². The summed E-state index contributed by atoms with van der Waals surface area (Å²) in [5.41, 5.74) is 1.05. The molecule has 0 amide bonds. The summed E-state index contributed by atoms with van der Waals surface area (Å²) < 4.78 is 0. The molecule has 1 heterocycles. The highest BCUT2D eigenvalue weighted by Gasteiger charge is 2.01. The lowest BCUT2D eigenvalue weighted by molar-refractivity contribution is -0.133. The van der Waals surface area contributed by atoms with Crippen LogP contribution in [0.3, 0.4) is 0 Å². The minimum atomic E-state index is -0.760. The molecule has 0 atom stereocenters.